The minimum absolute atomic E-state index is 0.0720. The van der Waals surface area contributed by atoms with Crippen LogP contribution in [-0.2, 0) is 4.79 Å². The minimum atomic E-state index is -0.679. The van der Waals surface area contributed by atoms with Crippen LogP contribution < -0.4 is 10.1 Å². The van der Waals surface area contributed by atoms with Gasteiger partial charge < -0.3 is 15.3 Å². The van der Waals surface area contributed by atoms with Gasteiger partial charge in [-0.2, -0.15) is 0 Å². The van der Waals surface area contributed by atoms with E-state index in [0.29, 0.717) is 6.21 Å². The lowest BCUT2D eigenvalue weighted by molar-refractivity contribution is -0.110. The molecule has 0 aromatic heterocycles. The van der Waals surface area contributed by atoms with Crippen molar-refractivity contribution in [1.29, 1.82) is 0 Å². The highest BCUT2D eigenvalue weighted by Gasteiger charge is 2.10. The number of nitrogens with one attached hydrogen (secondary N) is 1. The van der Waals surface area contributed by atoms with E-state index in [1.54, 1.807) is 0 Å². The smallest absolute Gasteiger partial charge is 0.270 e. The standard InChI is InChI=1S/C9H9FN2O3/c1-15-9-6(10)3-2-4-7(9)12-8(13)5-11-14/h2-5,14H,1H3,(H,12,13)/b11-5+. The largest absolute Gasteiger partial charge is 0.492 e. The molecular formula is C9H9FN2O3. The first kappa shape index (κ1) is 11.0. The topological polar surface area (TPSA) is 70.9 Å². The number of halogens is 1. The number of nitrogens with zero attached hydrogens (tertiary/aromatic N) is 1. The summed E-state index contributed by atoms with van der Waals surface area (Å²) < 4.78 is 17.9. The predicted molar refractivity (Wildman–Crippen MR) is 51.9 cm³/mol. The van der Waals surface area contributed by atoms with Crippen LogP contribution in [0.15, 0.2) is 23.4 Å². The fraction of sp³-hybridized carbons (Fsp3) is 0.111. The maximum absolute atomic E-state index is 13.1. The van der Waals surface area contributed by atoms with Gasteiger partial charge in [-0.05, 0) is 12.1 Å². The van der Waals surface area contributed by atoms with Crippen molar-refractivity contribution in [1.82, 2.24) is 0 Å². The number of oxime groups is 1. The molecule has 0 unspecified atom stereocenters. The number of carbonyl (C=O) groups excluding carboxylic acids is 1. The second kappa shape index (κ2) is 4.94. The average molecular weight is 212 g/mol. The maximum Gasteiger partial charge on any atom is 0.270 e. The van der Waals surface area contributed by atoms with Gasteiger partial charge in [0.1, 0.15) is 6.21 Å². The van der Waals surface area contributed by atoms with Gasteiger partial charge in [-0.3, -0.25) is 4.79 Å². The molecule has 0 aliphatic heterocycles. The molecule has 0 saturated carbocycles. The molecule has 0 fully saturated rings. The number of hydrogen-bond acceptors (Lipinski definition) is 4. The van der Waals surface area contributed by atoms with Gasteiger partial charge in [0.25, 0.3) is 5.91 Å². The summed E-state index contributed by atoms with van der Waals surface area (Å²) in [6.45, 7) is 0. The van der Waals surface area contributed by atoms with Crippen LogP contribution in [0, 0.1) is 5.82 Å². The second-order valence-electron chi connectivity index (χ2n) is 2.55. The number of ether oxygens (including phenoxy) is 1. The van der Waals surface area contributed by atoms with Gasteiger partial charge in [0, 0.05) is 0 Å². The number of benzene rings is 1. The first-order chi connectivity index (χ1) is 7.19. The second-order valence-corrected chi connectivity index (χ2v) is 2.55. The molecule has 1 aromatic carbocycles. The summed E-state index contributed by atoms with van der Waals surface area (Å²) >= 11 is 0. The lowest BCUT2D eigenvalue weighted by Crippen LogP contribution is -2.13. The Balaban J connectivity index is 2.94. The van der Waals surface area contributed by atoms with Gasteiger partial charge in [0.15, 0.2) is 11.6 Å². The molecule has 15 heavy (non-hydrogen) atoms. The van der Waals surface area contributed by atoms with E-state index < -0.39 is 11.7 Å². The normalized spacial score (nSPS) is 10.3. The fourth-order valence-electron chi connectivity index (χ4n) is 1.03. The Morgan fingerprint density at radius 2 is 2.40 bits per heavy atom. The van der Waals surface area contributed by atoms with E-state index in [-0.39, 0.29) is 11.4 Å². The summed E-state index contributed by atoms with van der Waals surface area (Å²) in [6.07, 6.45) is 0.657. The molecule has 0 saturated heterocycles. The van der Waals surface area contributed by atoms with E-state index in [9.17, 15) is 9.18 Å². The summed E-state index contributed by atoms with van der Waals surface area (Å²) in [7, 11) is 1.29. The van der Waals surface area contributed by atoms with Crippen LogP contribution in [0.4, 0.5) is 10.1 Å². The lowest BCUT2D eigenvalue weighted by Gasteiger charge is -2.08. The average Bonchev–Trinajstić information content (AvgIpc) is 2.18. The highest BCUT2D eigenvalue weighted by Crippen LogP contribution is 2.26. The molecule has 0 aliphatic rings. The van der Waals surface area contributed by atoms with Crippen molar-refractivity contribution in [3.63, 3.8) is 0 Å². The number of amides is 1. The van der Waals surface area contributed by atoms with Gasteiger partial charge >= 0.3 is 0 Å². The van der Waals surface area contributed by atoms with Crippen molar-refractivity contribution in [2.75, 3.05) is 12.4 Å². The Hall–Kier alpha value is -2.11. The summed E-state index contributed by atoms with van der Waals surface area (Å²) in [5.41, 5.74) is 0.169. The number of para-hydroxylation sites is 1. The zero-order valence-corrected chi connectivity index (χ0v) is 7.90. The number of carbonyl (C=O) groups is 1. The summed E-state index contributed by atoms with van der Waals surface area (Å²) in [4.78, 5) is 11.0. The molecule has 1 amide bonds. The van der Waals surface area contributed by atoms with Gasteiger partial charge in [-0.25, -0.2) is 4.39 Å². The molecule has 1 aromatic rings. The Labute approximate surface area is 85.2 Å². The molecule has 1 rings (SSSR count). The minimum Gasteiger partial charge on any atom is -0.492 e. The third-order valence-corrected chi connectivity index (χ3v) is 1.60. The maximum atomic E-state index is 13.1. The van der Waals surface area contributed by atoms with Crippen molar-refractivity contribution in [3.05, 3.63) is 24.0 Å². The lowest BCUT2D eigenvalue weighted by atomic mass is 10.3. The number of rotatable bonds is 3. The van der Waals surface area contributed by atoms with Gasteiger partial charge in [0.05, 0.1) is 12.8 Å². The third-order valence-electron chi connectivity index (χ3n) is 1.60. The molecule has 0 radical (unpaired) electrons. The first-order valence-electron chi connectivity index (χ1n) is 4.00. The summed E-state index contributed by atoms with van der Waals surface area (Å²) in [5.74, 6) is -1.34. The van der Waals surface area contributed by atoms with Crippen molar-refractivity contribution in [2.24, 2.45) is 5.16 Å². The van der Waals surface area contributed by atoms with E-state index in [1.807, 2.05) is 0 Å². The van der Waals surface area contributed by atoms with E-state index in [0.717, 1.165) is 0 Å². The highest BCUT2D eigenvalue weighted by atomic mass is 19.1. The zero-order valence-electron chi connectivity index (χ0n) is 7.90. The molecule has 5 nitrogen and oxygen atoms in total. The number of methoxy groups -OCH3 is 1. The molecule has 6 heteroatoms. The van der Waals surface area contributed by atoms with Crippen LogP contribution in [0.5, 0.6) is 5.75 Å². The summed E-state index contributed by atoms with van der Waals surface area (Å²) in [5, 5.41) is 12.9. The van der Waals surface area contributed by atoms with E-state index in [1.165, 1.54) is 25.3 Å². The highest BCUT2D eigenvalue weighted by molar-refractivity contribution is 6.31. The molecule has 80 valence electrons. The molecule has 2 N–H and O–H groups in total. The fourth-order valence-corrected chi connectivity index (χ4v) is 1.03. The summed E-state index contributed by atoms with van der Waals surface area (Å²) in [6, 6.07) is 4.09. The monoisotopic (exact) mass is 212 g/mol. The molecule has 0 spiro atoms. The number of hydrogen-bond donors (Lipinski definition) is 2. The van der Waals surface area contributed by atoms with Crippen LogP contribution in [-0.4, -0.2) is 24.4 Å². The van der Waals surface area contributed by atoms with Crippen molar-refractivity contribution in [3.8, 4) is 5.75 Å². The Kier molecular flexibility index (Phi) is 3.61. The Bertz CT molecular complexity index is 393. The molecule has 0 heterocycles. The van der Waals surface area contributed by atoms with Crippen LogP contribution in [0.2, 0.25) is 0 Å². The quantitative estimate of drug-likeness (QED) is 0.449. The molecule has 0 atom stereocenters. The first-order valence-corrected chi connectivity index (χ1v) is 4.00. The molecular weight excluding hydrogens is 203 g/mol. The Morgan fingerprint density at radius 3 is 3.00 bits per heavy atom. The Morgan fingerprint density at radius 1 is 1.67 bits per heavy atom. The van der Waals surface area contributed by atoms with Crippen LogP contribution in [0.3, 0.4) is 0 Å². The van der Waals surface area contributed by atoms with Gasteiger partial charge in [-0.1, -0.05) is 11.2 Å². The van der Waals surface area contributed by atoms with E-state index in [2.05, 4.69) is 10.5 Å². The predicted octanol–water partition coefficient (Wildman–Crippen LogP) is 1.23. The molecule has 0 bridgehead atoms. The molecule has 0 aliphatic carbocycles. The SMILES string of the molecule is COc1c(F)cccc1NC(=O)/C=N/O. The van der Waals surface area contributed by atoms with E-state index in [4.69, 9.17) is 9.94 Å². The van der Waals surface area contributed by atoms with Crippen molar-refractivity contribution in [2.45, 2.75) is 0 Å². The van der Waals surface area contributed by atoms with Gasteiger partial charge in [-0.15, -0.1) is 0 Å². The van der Waals surface area contributed by atoms with Crippen LogP contribution >= 0.6 is 0 Å². The van der Waals surface area contributed by atoms with Crippen molar-refractivity contribution < 1.29 is 19.1 Å². The third kappa shape index (κ3) is 2.67. The van der Waals surface area contributed by atoms with Crippen LogP contribution in [0.25, 0.3) is 0 Å². The van der Waals surface area contributed by atoms with Gasteiger partial charge in [0.2, 0.25) is 0 Å². The zero-order chi connectivity index (χ0) is 11.3. The van der Waals surface area contributed by atoms with Crippen molar-refractivity contribution >= 4 is 17.8 Å². The number of anilines is 1. The van der Waals surface area contributed by atoms with Crippen LogP contribution in [0.1, 0.15) is 0 Å². The van der Waals surface area contributed by atoms with E-state index >= 15 is 0 Å².